The van der Waals surface area contributed by atoms with E-state index < -0.39 is 0 Å². The Balaban J connectivity index is 2.58. The first-order valence-electron chi connectivity index (χ1n) is 2.14. The molecule has 1 heterocycles. The summed E-state index contributed by atoms with van der Waals surface area (Å²) in [5.74, 6) is -0.0527. The van der Waals surface area contributed by atoms with E-state index in [4.69, 9.17) is 5.11 Å². The molecule has 0 saturated heterocycles. The maximum absolute atomic E-state index is 8.57. The Kier molecular flexibility index (Phi) is 1.07. The molecule has 0 aromatic heterocycles. The van der Waals surface area contributed by atoms with Crippen molar-refractivity contribution in [3.63, 3.8) is 0 Å². The minimum atomic E-state index is -0.0527. The molecule has 0 spiro atoms. The summed E-state index contributed by atoms with van der Waals surface area (Å²) in [6.07, 6.45) is 3.83. The highest BCUT2D eigenvalue weighted by Gasteiger charge is 1.95. The van der Waals surface area contributed by atoms with Gasteiger partial charge in [-0.1, -0.05) is 0 Å². The predicted octanol–water partition coefficient (Wildman–Crippen LogP) is -0.301. The zero-order valence-corrected chi connectivity index (χ0v) is 4.42. The third-order valence-corrected chi connectivity index (χ3v) is 0.702. The first-order valence-corrected chi connectivity index (χ1v) is 2.14. The Hall–Kier alpha value is -1.19. The van der Waals surface area contributed by atoms with Crippen LogP contribution in [0.1, 0.15) is 0 Å². The highest BCUT2D eigenvalue weighted by molar-refractivity contribution is 5.56. The van der Waals surface area contributed by atoms with Gasteiger partial charge in [-0.15, -0.1) is 0 Å². The van der Waals surface area contributed by atoms with Gasteiger partial charge in [0.1, 0.15) is 0 Å². The number of hydrogen-bond donors (Lipinski definition) is 2. The van der Waals surface area contributed by atoms with Gasteiger partial charge in [-0.25, -0.2) is 0 Å². The van der Waals surface area contributed by atoms with E-state index in [0.29, 0.717) is 0 Å². The van der Waals surface area contributed by atoms with Crippen molar-refractivity contribution in [2.24, 2.45) is 4.99 Å². The molecule has 4 nitrogen and oxygen atoms in total. The van der Waals surface area contributed by atoms with Crippen LogP contribution >= 0.6 is 0 Å². The van der Waals surface area contributed by atoms with Crippen LogP contribution in [0.4, 0.5) is 0 Å². The van der Waals surface area contributed by atoms with Gasteiger partial charge in [0.25, 0.3) is 0 Å². The van der Waals surface area contributed by atoms with Crippen LogP contribution in [0.5, 0.6) is 0 Å². The quantitative estimate of drug-likeness (QED) is 0.452. The van der Waals surface area contributed by atoms with Crippen molar-refractivity contribution < 1.29 is 5.11 Å². The number of hydrogen-bond acceptors (Lipinski definition) is 4. The van der Waals surface area contributed by atoms with E-state index in [-0.39, 0.29) is 5.88 Å². The minimum absolute atomic E-state index is 0.0527. The van der Waals surface area contributed by atoms with Crippen molar-refractivity contribution in [1.82, 2.24) is 10.4 Å². The molecule has 2 N–H and O–H groups in total. The third-order valence-electron chi connectivity index (χ3n) is 0.702. The molecule has 1 aliphatic rings. The number of nitrogens with zero attached hydrogens (tertiary/aromatic N) is 2. The average Bonchev–Trinajstić information content (AvgIpc) is 1.77. The summed E-state index contributed by atoms with van der Waals surface area (Å²) in [5.41, 5.74) is 2.65. The molecule has 0 unspecified atom stereocenters. The van der Waals surface area contributed by atoms with Gasteiger partial charge in [0, 0.05) is 7.05 Å². The summed E-state index contributed by atoms with van der Waals surface area (Å²) in [5, 5.41) is 10.1. The predicted molar refractivity (Wildman–Crippen MR) is 29.0 cm³/mol. The van der Waals surface area contributed by atoms with Crippen LogP contribution in [0, 0.1) is 0 Å². The topological polar surface area (TPSA) is 47.9 Å². The van der Waals surface area contributed by atoms with Gasteiger partial charge >= 0.3 is 0 Å². The van der Waals surface area contributed by atoms with Crippen LogP contribution in [0.2, 0.25) is 0 Å². The van der Waals surface area contributed by atoms with Crippen molar-refractivity contribution in [1.29, 1.82) is 0 Å². The zero-order valence-electron chi connectivity index (χ0n) is 4.42. The summed E-state index contributed by atoms with van der Waals surface area (Å²) >= 11 is 0. The summed E-state index contributed by atoms with van der Waals surface area (Å²) in [4.78, 5) is 3.44. The second kappa shape index (κ2) is 1.73. The van der Waals surface area contributed by atoms with Gasteiger partial charge in [-0.2, -0.15) is 4.99 Å². The maximum Gasteiger partial charge on any atom is 0.231 e. The molecule has 0 saturated carbocycles. The van der Waals surface area contributed by atoms with E-state index in [1.54, 1.807) is 7.05 Å². The molecule has 4 heteroatoms. The molecule has 0 bridgehead atoms. The van der Waals surface area contributed by atoms with E-state index >= 15 is 0 Å². The fraction of sp³-hybridized carbons (Fsp3) is 0.250. The van der Waals surface area contributed by atoms with Crippen molar-refractivity contribution in [3.05, 3.63) is 12.1 Å². The molecule has 0 aliphatic carbocycles. The smallest absolute Gasteiger partial charge is 0.231 e. The first kappa shape index (κ1) is 4.96. The van der Waals surface area contributed by atoms with Crippen LogP contribution < -0.4 is 5.43 Å². The molecular weight excluding hydrogens is 106 g/mol. The fourth-order valence-electron chi connectivity index (χ4n) is 0.342. The van der Waals surface area contributed by atoms with Gasteiger partial charge in [-0.05, 0) is 0 Å². The molecule has 0 aromatic carbocycles. The molecule has 1 aliphatic heterocycles. The van der Waals surface area contributed by atoms with E-state index in [1.165, 1.54) is 11.2 Å². The number of aliphatic imine (C=N–C) groups is 1. The highest BCUT2D eigenvalue weighted by Crippen LogP contribution is 1.90. The lowest BCUT2D eigenvalue weighted by atomic mass is 10.8. The molecular formula is C4H6N3O. The van der Waals surface area contributed by atoms with E-state index in [1.807, 2.05) is 0 Å². The number of aliphatic hydroxyl groups excluding tert-OH is 1. The number of rotatable bonds is 0. The van der Waals surface area contributed by atoms with Gasteiger partial charge in [0.05, 0.1) is 6.20 Å². The third kappa shape index (κ3) is 0.900. The van der Waals surface area contributed by atoms with Crippen molar-refractivity contribution in [3.8, 4) is 0 Å². The molecule has 1 rings (SSSR count). The lowest BCUT2D eigenvalue weighted by Crippen LogP contribution is -2.31. The zero-order chi connectivity index (χ0) is 5.98. The molecule has 0 fully saturated rings. The van der Waals surface area contributed by atoms with Crippen LogP contribution in [0.3, 0.4) is 0 Å². The van der Waals surface area contributed by atoms with Crippen LogP contribution in [0.25, 0.3) is 0 Å². The van der Waals surface area contributed by atoms with E-state index in [0.717, 1.165) is 0 Å². The second-order valence-electron chi connectivity index (χ2n) is 1.40. The first-order chi connectivity index (χ1) is 3.79. The van der Waals surface area contributed by atoms with Crippen LogP contribution in [-0.4, -0.2) is 23.5 Å². The van der Waals surface area contributed by atoms with E-state index in [9.17, 15) is 0 Å². The number of aliphatic hydroxyl groups is 1. The minimum Gasteiger partial charge on any atom is -0.492 e. The highest BCUT2D eigenvalue weighted by atomic mass is 16.3. The van der Waals surface area contributed by atoms with Gasteiger partial charge in [0.2, 0.25) is 5.88 Å². The molecule has 0 atom stereocenters. The average molecular weight is 112 g/mol. The summed E-state index contributed by atoms with van der Waals surface area (Å²) in [6, 6.07) is 0. The van der Waals surface area contributed by atoms with Gasteiger partial charge in [-0.3, -0.25) is 10.4 Å². The second-order valence-corrected chi connectivity index (χ2v) is 1.40. The SMILES string of the molecule is CN1[C]=NC(O)=CN1. The van der Waals surface area contributed by atoms with Crippen molar-refractivity contribution >= 4 is 6.34 Å². The van der Waals surface area contributed by atoms with Crippen LogP contribution in [-0.2, 0) is 0 Å². The Bertz CT molecular complexity index is 140. The Morgan fingerprint density at radius 3 is 3.12 bits per heavy atom. The van der Waals surface area contributed by atoms with Gasteiger partial charge < -0.3 is 5.11 Å². The molecule has 0 aromatic rings. The van der Waals surface area contributed by atoms with Crippen LogP contribution in [0.15, 0.2) is 17.1 Å². The van der Waals surface area contributed by atoms with Crippen molar-refractivity contribution in [2.75, 3.05) is 7.05 Å². The Labute approximate surface area is 47.1 Å². The lowest BCUT2D eigenvalue weighted by molar-refractivity contribution is 0.359. The lowest BCUT2D eigenvalue weighted by Gasteiger charge is -2.13. The fourth-order valence-corrected chi connectivity index (χ4v) is 0.342. The normalized spacial score (nSPS) is 17.6. The molecule has 8 heavy (non-hydrogen) atoms. The molecule has 0 amide bonds. The Morgan fingerprint density at radius 1 is 2.00 bits per heavy atom. The molecule has 1 radical (unpaired) electrons. The number of nitrogens with one attached hydrogen (secondary N) is 1. The summed E-state index contributed by atoms with van der Waals surface area (Å²) < 4.78 is 0. The van der Waals surface area contributed by atoms with Gasteiger partial charge in [0.15, 0.2) is 6.34 Å². The maximum atomic E-state index is 8.57. The standard InChI is InChI=1S/C4H6N3O/c1-7-3-5-4(8)2-6-7/h2,6,8H,1H3. The van der Waals surface area contributed by atoms with E-state index in [2.05, 4.69) is 16.8 Å². The Morgan fingerprint density at radius 2 is 2.75 bits per heavy atom. The largest absolute Gasteiger partial charge is 0.492 e. The molecule has 43 valence electrons. The monoisotopic (exact) mass is 112 g/mol. The number of hydrazine groups is 1. The summed E-state index contributed by atoms with van der Waals surface area (Å²) in [6.45, 7) is 0. The van der Waals surface area contributed by atoms with Crippen molar-refractivity contribution in [2.45, 2.75) is 0 Å². The summed E-state index contributed by atoms with van der Waals surface area (Å²) in [7, 11) is 1.73.